The van der Waals surface area contributed by atoms with E-state index in [0.717, 1.165) is 17.7 Å². The van der Waals surface area contributed by atoms with Gasteiger partial charge in [0.15, 0.2) is 0 Å². The van der Waals surface area contributed by atoms with Gasteiger partial charge in [-0.1, -0.05) is 30.7 Å². The van der Waals surface area contributed by atoms with Crippen LogP contribution in [0.5, 0.6) is 0 Å². The van der Waals surface area contributed by atoms with E-state index in [2.05, 4.69) is 5.32 Å². The van der Waals surface area contributed by atoms with Gasteiger partial charge in [-0.3, -0.25) is 0 Å². The van der Waals surface area contributed by atoms with Gasteiger partial charge in [0.1, 0.15) is 11.6 Å². The molecule has 20 heavy (non-hydrogen) atoms. The van der Waals surface area contributed by atoms with E-state index in [4.69, 9.17) is 11.6 Å². The molecule has 0 aliphatic heterocycles. The average molecular weight is 296 g/mol. The lowest BCUT2D eigenvalue weighted by atomic mass is 9.97. The smallest absolute Gasteiger partial charge is 0.127 e. The van der Waals surface area contributed by atoms with Gasteiger partial charge in [0.25, 0.3) is 0 Å². The maximum atomic E-state index is 13.5. The lowest BCUT2D eigenvalue weighted by Gasteiger charge is -2.21. The van der Waals surface area contributed by atoms with Gasteiger partial charge in [-0.15, -0.1) is 0 Å². The quantitative estimate of drug-likeness (QED) is 0.867. The molecule has 0 aliphatic carbocycles. The molecular formula is C16H16ClF2N. The molecule has 0 aromatic heterocycles. The van der Waals surface area contributed by atoms with Crippen molar-refractivity contribution >= 4 is 11.6 Å². The predicted octanol–water partition coefficient (Wildman–Crippen LogP) is 4.63. The van der Waals surface area contributed by atoms with Crippen LogP contribution in [0.15, 0.2) is 36.4 Å². The van der Waals surface area contributed by atoms with E-state index in [1.165, 1.54) is 18.2 Å². The molecule has 2 aromatic rings. The summed E-state index contributed by atoms with van der Waals surface area (Å²) in [6.07, 6.45) is 0. The maximum Gasteiger partial charge on any atom is 0.127 e. The zero-order valence-electron chi connectivity index (χ0n) is 11.4. The second-order valence-electron chi connectivity index (χ2n) is 4.67. The van der Waals surface area contributed by atoms with E-state index in [0.29, 0.717) is 10.6 Å². The van der Waals surface area contributed by atoms with E-state index in [9.17, 15) is 8.78 Å². The van der Waals surface area contributed by atoms with Crippen LogP contribution in [0.1, 0.15) is 29.7 Å². The van der Waals surface area contributed by atoms with Crippen LogP contribution in [0.2, 0.25) is 5.02 Å². The highest BCUT2D eigenvalue weighted by atomic mass is 35.5. The number of benzene rings is 2. The van der Waals surface area contributed by atoms with Crippen LogP contribution in [-0.4, -0.2) is 6.54 Å². The maximum absolute atomic E-state index is 13.5. The SMILES string of the molecule is CCNC(c1ccc(F)cc1)c1cc(C)c(F)cc1Cl. The van der Waals surface area contributed by atoms with Crippen molar-refractivity contribution in [1.29, 1.82) is 0 Å². The third-order valence-electron chi connectivity index (χ3n) is 3.20. The molecule has 0 saturated carbocycles. The van der Waals surface area contributed by atoms with Crippen LogP contribution in [0.25, 0.3) is 0 Å². The predicted molar refractivity (Wildman–Crippen MR) is 78.1 cm³/mol. The fourth-order valence-electron chi connectivity index (χ4n) is 2.17. The monoisotopic (exact) mass is 295 g/mol. The van der Waals surface area contributed by atoms with Crippen LogP contribution < -0.4 is 5.32 Å². The summed E-state index contributed by atoms with van der Waals surface area (Å²) in [6, 6.07) is 9.09. The van der Waals surface area contributed by atoms with Crippen LogP contribution in [-0.2, 0) is 0 Å². The standard InChI is InChI=1S/C16H16ClF2N/c1-3-20-16(11-4-6-12(18)7-5-11)13-8-10(2)15(19)9-14(13)17/h4-9,16,20H,3H2,1-2H3. The molecule has 0 fully saturated rings. The van der Waals surface area contributed by atoms with Gasteiger partial charge in [-0.25, -0.2) is 8.78 Å². The van der Waals surface area contributed by atoms with Crippen LogP contribution in [0.3, 0.4) is 0 Å². The Morgan fingerprint density at radius 1 is 1.15 bits per heavy atom. The number of halogens is 3. The Balaban J connectivity index is 2.48. The summed E-state index contributed by atoms with van der Waals surface area (Å²) in [6.45, 7) is 4.39. The summed E-state index contributed by atoms with van der Waals surface area (Å²) in [4.78, 5) is 0. The molecule has 0 saturated heterocycles. The van der Waals surface area contributed by atoms with E-state index >= 15 is 0 Å². The van der Waals surface area contributed by atoms with Gasteiger partial charge in [-0.2, -0.15) is 0 Å². The van der Waals surface area contributed by atoms with E-state index in [1.807, 2.05) is 6.92 Å². The second kappa shape index (κ2) is 6.33. The zero-order chi connectivity index (χ0) is 14.7. The molecule has 0 aliphatic rings. The van der Waals surface area contributed by atoms with Crippen LogP contribution >= 0.6 is 11.6 Å². The minimum absolute atomic E-state index is 0.188. The summed E-state index contributed by atoms with van der Waals surface area (Å²) < 4.78 is 26.5. The molecule has 1 nitrogen and oxygen atoms in total. The second-order valence-corrected chi connectivity index (χ2v) is 5.07. The van der Waals surface area contributed by atoms with E-state index in [1.54, 1.807) is 25.1 Å². The van der Waals surface area contributed by atoms with Gasteiger partial charge in [0.05, 0.1) is 6.04 Å². The molecule has 1 atom stereocenters. The highest BCUT2D eigenvalue weighted by Gasteiger charge is 2.17. The molecule has 1 unspecified atom stereocenters. The third kappa shape index (κ3) is 3.17. The number of rotatable bonds is 4. The number of nitrogens with one attached hydrogen (secondary N) is 1. The highest BCUT2D eigenvalue weighted by Crippen LogP contribution is 2.30. The minimum Gasteiger partial charge on any atom is -0.306 e. The summed E-state index contributed by atoms with van der Waals surface area (Å²) in [5.74, 6) is -0.613. The summed E-state index contributed by atoms with van der Waals surface area (Å²) in [5.41, 5.74) is 2.22. The molecular weight excluding hydrogens is 280 g/mol. The van der Waals surface area contributed by atoms with Gasteiger partial charge in [-0.05, 0) is 54.4 Å². The van der Waals surface area contributed by atoms with Crippen molar-refractivity contribution in [3.05, 3.63) is 69.7 Å². The van der Waals surface area contributed by atoms with Crippen molar-refractivity contribution in [1.82, 2.24) is 5.32 Å². The molecule has 1 N–H and O–H groups in total. The Kier molecular flexibility index (Phi) is 4.73. The van der Waals surface area contributed by atoms with Crippen molar-refractivity contribution in [3.8, 4) is 0 Å². The largest absolute Gasteiger partial charge is 0.306 e. The molecule has 2 aromatic carbocycles. The Hall–Kier alpha value is -1.45. The van der Waals surface area contributed by atoms with E-state index < -0.39 is 0 Å². The molecule has 0 spiro atoms. The topological polar surface area (TPSA) is 12.0 Å². The van der Waals surface area contributed by atoms with Crippen molar-refractivity contribution in [2.75, 3.05) is 6.54 Å². The molecule has 0 heterocycles. The van der Waals surface area contributed by atoms with Crippen molar-refractivity contribution in [2.45, 2.75) is 19.9 Å². The Morgan fingerprint density at radius 3 is 2.40 bits per heavy atom. The first-order valence-electron chi connectivity index (χ1n) is 6.47. The number of hydrogen-bond acceptors (Lipinski definition) is 1. The van der Waals surface area contributed by atoms with Crippen LogP contribution in [0.4, 0.5) is 8.78 Å². The highest BCUT2D eigenvalue weighted by molar-refractivity contribution is 6.31. The summed E-state index contributed by atoms with van der Waals surface area (Å²) in [7, 11) is 0. The first-order chi connectivity index (χ1) is 9.52. The van der Waals surface area contributed by atoms with E-state index in [-0.39, 0.29) is 17.7 Å². The van der Waals surface area contributed by atoms with Crippen molar-refractivity contribution in [2.24, 2.45) is 0 Å². The Morgan fingerprint density at radius 2 is 1.80 bits per heavy atom. The molecule has 0 bridgehead atoms. The zero-order valence-corrected chi connectivity index (χ0v) is 12.1. The molecule has 4 heteroatoms. The average Bonchev–Trinajstić information content (AvgIpc) is 2.42. The first-order valence-corrected chi connectivity index (χ1v) is 6.85. The van der Waals surface area contributed by atoms with Crippen molar-refractivity contribution in [3.63, 3.8) is 0 Å². The molecule has 2 rings (SSSR count). The van der Waals surface area contributed by atoms with Gasteiger partial charge >= 0.3 is 0 Å². The minimum atomic E-state index is -0.326. The summed E-state index contributed by atoms with van der Waals surface area (Å²) >= 11 is 6.16. The van der Waals surface area contributed by atoms with Crippen molar-refractivity contribution < 1.29 is 8.78 Å². The number of aryl methyl sites for hydroxylation is 1. The Bertz CT molecular complexity index is 596. The van der Waals surface area contributed by atoms with Gasteiger partial charge in [0.2, 0.25) is 0 Å². The first kappa shape index (κ1) is 14.9. The van der Waals surface area contributed by atoms with Crippen LogP contribution in [0, 0.1) is 18.6 Å². The molecule has 0 amide bonds. The van der Waals surface area contributed by atoms with Gasteiger partial charge < -0.3 is 5.32 Å². The normalized spacial score (nSPS) is 12.4. The number of hydrogen-bond donors (Lipinski definition) is 1. The molecule has 0 radical (unpaired) electrons. The fraction of sp³-hybridized carbons (Fsp3) is 0.250. The molecule has 106 valence electrons. The Labute approximate surface area is 122 Å². The lowest BCUT2D eigenvalue weighted by Crippen LogP contribution is -2.22. The fourth-order valence-corrected chi connectivity index (χ4v) is 2.43. The van der Waals surface area contributed by atoms with Gasteiger partial charge in [0, 0.05) is 5.02 Å². The lowest BCUT2D eigenvalue weighted by molar-refractivity contribution is 0.603. The third-order valence-corrected chi connectivity index (χ3v) is 3.53. The summed E-state index contributed by atoms with van der Waals surface area (Å²) in [5, 5.41) is 3.66.